The summed E-state index contributed by atoms with van der Waals surface area (Å²) in [5, 5.41) is 13.4. The molecule has 0 aliphatic carbocycles. The molecule has 0 spiro atoms. The maximum atomic E-state index is 14.3. The Morgan fingerprint density at radius 2 is 1.74 bits per heavy atom. The van der Waals surface area contributed by atoms with Gasteiger partial charge in [-0.1, -0.05) is 35.3 Å². The van der Waals surface area contributed by atoms with Crippen molar-refractivity contribution in [2.75, 3.05) is 25.0 Å². The number of carbonyl (C=O) groups excluding carboxylic acids is 1. The number of nitrogens with zero attached hydrogens (tertiary/aromatic N) is 5. The minimum absolute atomic E-state index is 0.0212. The number of benzene rings is 2. The van der Waals surface area contributed by atoms with Gasteiger partial charge in [-0.3, -0.25) is 9.59 Å². The minimum atomic E-state index is -0.926. The van der Waals surface area contributed by atoms with Gasteiger partial charge >= 0.3 is 5.97 Å². The van der Waals surface area contributed by atoms with E-state index in [0.29, 0.717) is 42.5 Å². The molecule has 1 amide bonds. The molecule has 8 nitrogen and oxygen atoms in total. The number of carboxylic acids is 1. The van der Waals surface area contributed by atoms with Crippen molar-refractivity contribution < 1.29 is 23.5 Å². The number of aliphatic carboxylic acids is 1. The van der Waals surface area contributed by atoms with Crippen LogP contribution < -0.4 is 4.90 Å². The molecular weight excluding hydrogens is 551 g/mol. The van der Waals surface area contributed by atoms with Crippen molar-refractivity contribution in [2.24, 2.45) is 5.92 Å². The molecule has 1 N–H and O–H groups in total. The summed E-state index contributed by atoms with van der Waals surface area (Å²) in [6.45, 7) is 0.831. The second-order valence-corrected chi connectivity index (χ2v) is 10.2. The van der Waals surface area contributed by atoms with Crippen molar-refractivity contribution in [3.63, 3.8) is 0 Å². The molecule has 2 aromatic carbocycles. The van der Waals surface area contributed by atoms with Crippen LogP contribution in [0.1, 0.15) is 29.8 Å². The molecule has 2 aromatic heterocycles. The van der Waals surface area contributed by atoms with Crippen molar-refractivity contribution >= 4 is 52.2 Å². The SMILES string of the molecule is CN(c1ccccc1Cl)c1cc(-c2cc(F)c(Cl)c(F)c2)nc2cc(C(=O)N3CCC(CC(=O)O)CC3)nn12. The van der Waals surface area contributed by atoms with Gasteiger partial charge in [0.15, 0.2) is 11.3 Å². The van der Waals surface area contributed by atoms with E-state index >= 15 is 0 Å². The number of piperidine rings is 1. The number of fused-ring (bicyclic) bond motifs is 1. The van der Waals surface area contributed by atoms with E-state index in [2.05, 4.69) is 10.1 Å². The van der Waals surface area contributed by atoms with Crippen LogP contribution in [0.2, 0.25) is 10.0 Å². The molecule has 12 heteroatoms. The molecule has 3 heterocycles. The molecule has 1 fully saturated rings. The summed E-state index contributed by atoms with van der Waals surface area (Å²) in [6, 6.07) is 12.4. The van der Waals surface area contributed by atoms with E-state index in [-0.39, 0.29) is 40.8 Å². The molecule has 202 valence electrons. The molecule has 0 saturated carbocycles. The van der Waals surface area contributed by atoms with E-state index in [4.69, 9.17) is 28.3 Å². The van der Waals surface area contributed by atoms with Crippen molar-refractivity contribution in [3.05, 3.63) is 75.9 Å². The quantitative estimate of drug-likeness (QED) is 0.281. The zero-order chi connectivity index (χ0) is 27.8. The van der Waals surface area contributed by atoms with E-state index < -0.39 is 22.6 Å². The van der Waals surface area contributed by atoms with Crippen LogP contribution in [0.5, 0.6) is 0 Å². The first-order valence-corrected chi connectivity index (χ1v) is 12.9. The highest BCUT2D eigenvalue weighted by Crippen LogP contribution is 2.34. The zero-order valence-electron chi connectivity index (χ0n) is 20.7. The Labute approximate surface area is 232 Å². The van der Waals surface area contributed by atoms with Crippen LogP contribution >= 0.6 is 23.2 Å². The number of aromatic nitrogens is 3. The summed E-state index contributed by atoms with van der Waals surface area (Å²) in [5.41, 5.74) is 1.44. The van der Waals surface area contributed by atoms with E-state index in [1.165, 1.54) is 10.6 Å². The Hall–Kier alpha value is -3.76. The molecule has 1 aliphatic heterocycles. The molecule has 1 saturated heterocycles. The number of anilines is 2. The fourth-order valence-electron chi connectivity index (χ4n) is 4.75. The van der Waals surface area contributed by atoms with Crippen LogP contribution in [-0.4, -0.2) is 56.6 Å². The molecule has 0 radical (unpaired) electrons. The van der Waals surface area contributed by atoms with E-state index in [1.807, 2.05) is 6.07 Å². The van der Waals surface area contributed by atoms with E-state index in [0.717, 1.165) is 12.1 Å². The lowest BCUT2D eigenvalue weighted by molar-refractivity contribution is -0.138. The predicted molar refractivity (Wildman–Crippen MR) is 144 cm³/mol. The van der Waals surface area contributed by atoms with E-state index in [9.17, 15) is 18.4 Å². The number of hydrogen-bond donors (Lipinski definition) is 1. The lowest BCUT2D eigenvalue weighted by atomic mass is 9.93. The minimum Gasteiger partial charge on any atom is -0.481 e. The van der Waals surface area contributed by atoms with Gasteiger partial charge in [0.25, 0.3) is 5.91 Å². The monoisotopic (exact) mass is 573 g/mol. The van der Waals surface area contributed by atoms with Crippen molar-refractivity contribution in [2.45, 2.75) is 19.3 Å². The highest BCUT2D eigenvalue weighted by Gasteiger charge is 2.27. The molecule has 0 atom stereocenters. The molecule has 0 bridgehead atoms. The highest BCUT2D eigenvalue weighted by atomic mass is 35.5. The van der Waals surface area contributed by atoms with Gasteiger partial charge in [0.05, 0.1) is 16.4 Å². The Morgan fingerprint density at radius 3 is 2.38 bits per heavy atom. The largest absolute Gasteiger partial charge is 0.481 e. The molecule has 1 aliphatic rings. The highest BCUT2D eigenvalue weighted by molar-refractivity contribution is 6.33. The number of carboxylic acid groups (broad SMARTS) is 1. The average molecular weight is 574 g/mol. The van der Waals surface area contributed by atoms with Gasteiger partial charge < -0.3 is 14.9 Å². The predicted octanol–water partition coefficient (Wildman–Crippen LogP) is 6.08. The summed E-state index contributed by atoms with van der Waals surface area (Å²) in [7, 11) is 1.75. The lowest BCUT2D eigenvalue weighted by Gasteiger charge is -2.30. The normalized spacial score (nSPS) is 14.1. The average Bonchev–Trinajstić information content (AvgIpc) is 3.35. The molecule has 4 aromatic rings. The zero-order valence-corrected chi connectivity index (χ0v) is 22.3. The van der Waals surface area contributed by atoms with Crippen LogP contribution in [-0.2, 0) is 4.79 Å². The van der Waals surface area contributed by atoms with Crippen LogP contribution in [0.15, 0.2) is 48.5 Å². The van der Waals surface area contributed by atoms with Gasteiger partial charge in [-0.2, -0.15) is 9.61 Å². The summed E-state index contributed by atoms with van der Waals surface area (Å²) in [4.78, 5) is 32.3. The number of amides is 1. The van der Waals surface area contributed by atoms with Gasteiger partial charge in [-0.15, -0.1) is 0 Å². The van der Waals surface area contributed by atoms with Gasteiger partial charge in [-0.05, 0) is 43.0 Å². The van der Waals surface area contributed by atoms with Crippen LogP contribution in [0, 0.1) is 17.6 Å². The molecular formula is C27H23Cl2F2N5O3. The Balaban J connectivity index is 1.57. The Morgan fingerprint density at radius 1 is 1.08 bits per heavy atom. The summed E-state index contributed by atoms with van der Waals surface area (Å²) in [5.74, 6) is -2.55. The summed E-state index contributed by atoms with van der Waals surface area (Å²) < 4.78 is 30.1. The third-order valence-corrected chi connectivity index (χ3v) is 7.51. The lowest BCUT2D eigenvalue weighted by Crippen LogP contribution is -2.39. The van der Waals surface area contributed by atoms with Gasteiger partial charge in [-0.25, -0.2) is 13.8 Å². The van der Waals surface area contributed by atoms with Crippen molar-refractivity contribution in [3.8, 4) is 11.3 Å². The number of likely N-dealkylation sites (tertiary alicyclic amines) is 1. The first kappa shape index (κ1) is 26.8. The fraction of sp³-hybridized carbons (Fsp3) is 0.259. The van der Waals surface area contributed by atoms with Crippen molar-refractivity contribution in [1.29, 1.82) is 0 Å². The van der Waals surface area contributed by atoms with E-state index in [1.54, 1.807) is 41.1 Å². The fourth-order valence-corrected chi connectivity index (χ4v) is 5.12. The number of hydrogen-bond acceptors (Lipinski definition) is 5. The smallest absolute Gasteiger partial charge is 0.303 e. The topological polar surface area (TPSA) is 91.0 Å². The van der Waals surface area contributed by atoms with Crippen LogP contribution in [0.25, 0.3) is 16.9 Å². The first-order valence-electron chi connectivity index (χ1n) is 12.2. The number of carbonyl (C=O) groups is 2. The second kappa shape index (κ2) is 10.8. The van der Waals surface area contributed by atoms with Gasteiger partial charge in [0.1, 0.15) is 22.5 Å². The summed E-state index contributed by atoms with van der Waals surface area (Å²) >= 11 is 12.1. The Bertz CT molecular complexity index is 1560. The maximum Gasteiger partial charge on any atom is 0.303 e. The van der Waals surface area contributed by atoms with Crippen LogP contribution in [0.4, 0.5) is 20.3 Å². The number of rotatable bonds is 6. The molecule has 39 heavy (non-hydrogen) atoms. The van der Waals surface area contributed by atoms with Gasteiger partial charge in [0, 0.05) is 44.3 Å². The third kappa shape index (κ3) is 5.39. The third-order valence-electron chi connectivity index (χ3n) is 6.83. The number of para-hydroxylation sites is 1. The molecule has 0 unspecified atom stereocenters. The molecule has 5 rings (SSSR count). The Kier molecular flexibility index (Phi) is 7.42. The second-order valence-electron chi connectivity index (χ2n) is 9.40. The first-order chi connectivity index (χ1) is 18.6. The summed E-state index contributed by atoms with van der Waals surface area (Å²) in [6.07, 6.45) is 1.25. The van der Waals surface area contributed by atoms with Crippen molar-refractivity contribution in [1.82, 2.24) is 19.5 Å². The van der Waals surface area contributed by atoms with Gasteiger partial charge in [0.2, 0.25) is 0 Å². The maximum absolute atomic E-state index is 14.3. The number of halogens is 4. The standard InChI is InChI=1S/C27H23Cl2F2N5O3/c1-34(22-5-3-2-4-17(22)28)24-14-20(16-11-18(30)26(29)19(31)12-16)32-23-13-21(33-36(23)24)27(39)35-8-6-15(7-9-35)10-25(37)38/h2-5,11-15H,6-10H2,1H3,(H,37,38). The van der Waals surface area contributed by atoms with Crippen LogP contribution in [0.3, 0.4) is 0 Å².